The van der Waals surface area contributed by atoms with E-state index in [1.54, 1.807) is 24.3 Å². The smallest absolute Gasteiger partial charge is 0.294 e. The van der Waals surface area contributed by atoms with Gasteiger partial charge in [0, 0.05) is 30.4 Å². The van der Waals surface area contributed by atoms with Crippen LogP contribution in [0.4, 0.5) is 0 Å². The first-order chi connectivity index (χ1) is 14.6. The van der Waals surface area contributed by atoms with Gasteiger partial charge in [-0.2, -0.15) is 9.83 Å². The van der Waals surface area contributed by atoms with Gasteiger partial charge in [0.05, 0.1) is 11.1 Å². The van der Waals surface area contributed by atoms with Crippen LogP contribution in [0.1, 0.15) is 43.4 Å². The standard InChI is InChI=1S/C23H24N4O3/c28-22(14-18-12-16-5-6-17(18)11-16)25-27-23(29)20-4-2-1-3-19(20)21(24-27)13-15-7-9-26(30)10-8-15/h1-4,7-10,16-18H,5-6,11-14H2,(H,25,28)/t16-,17+,18-/m1/s1. The predicted molar refractivity (Wildman–Crippen MR) is 112 cm³/mol. The number of aromatic nitrogens is 3. The van der Waals surface area contributed by atoms with E-state index >= 15 is 0 Å². The molecule has 2 aliphatic rings. The van der Waals surface area contributed by atoms with Crippen LogP contribution in [0, 0.1) is 23.0 Å². The van der Waals surface area contributed by atoms with E-state index in [-0.39, 0.29) is 11.5 Å². The summed E-state index contributed by atoms with van der Waals surface area (Å²) >= 11 is 0. The molecule has 0 spiro atoms. The molecule has 0 saturated heterocycles. The Morgan fingerprint density at radius 1 is 1.13 bits per heavy atom. The number of nitrogens with zero attached hydrogens (tertiary/aromatic N) is 3. The van der Waals surface area contributed by atoms with Crippen LogP contribution in [0.15, 0.2) is 53.6 Å². The molecular formula is C23H24N4O3. The molecule has 2 fully saturated rings. The van der Waals surface area contributed by atoms with Crippen molar-refractivity contribution in [1.29, 1.82) is 0 Å². The van der Waals surface area contributed by atoms with Crippen molar-refractivity contribution in [2.24, 2.45) is 17.8 Å². The third-order valence-electron chi connectivity index (χ3n) is 6.69. The maximum Gasteiger partial charge on any atom is 0.294 e. The number of nitrogens with one attached hydrogen (secondary N) is 1. The minimum atomic E-state index is -0.332. The summed E-state index contributed by atoms with van der Waals surface area (Å²) in [6.07, 6.45) is 8.65. The molecule has 1 amide bonds. The Morgan fingerprint density at radius 2 is 1.90 bits per heavy atom. The molecule has 2 aromatic heterocycles. The van der Waals surface area contributed by atoms with Gasteiger partial charge in [-0.25, -0.2) is 5.43 Å². The molecule has 1 aromatic carbocycles. The zero-order valence-corrected chi connectivity index (χ0v) is 16.7. The van der Waals surface area contributed by atoms with E-state index in [0.29, 0.717) is 35.8 Å². The quantitative estimate of drug-likeness (QED) is 0.523. The molecule has 30 heavy (non-hydrogen) atoms. The second kappa shape index (κ2) is 7.55. The Balaban J connectivity index is 1.42. The van der Waals surface area contributed by atoms with Crippen molar-refractivity contribution in [2.75, 3.05) is 5.43 Å². The van der Waals surface area contributed by atoms with Crippen molar-refractivity contribution < 1.29 is 9.52 Å². The van der Waals surface area contributed by atoms with E-state index in [1.165, 1.54) is 31.7 Å². The number of rotatable bonds is 5. The van der Waals surface area contributed by atoms with Crippen LogP contribution in [0.25, 0.3) is 10.8 Å². The molecule has 0 aliphatic heterocycles. The fraction of sp³-hybridized carbons (Fsp3) is 0.391. The predicted octanol–water partition coefficient (Wildman–Crippen LogP) is 2.52. The molecule has 7 nitrogen and oxygen atoms in total. The second-order valence-corrected chi connectivity index (χ2v) is 8.63. The van der Waals surface area contributed by atoms with Gasteiger partial charge >= 0.3 is 0 Å². The topological polar surface area (TPSA) is 90.9 Å². The van der Waals surface area contributed by atoms with Gasteiger partial charge in [0.15, 0.2) is 12.4 Å². The average Bonchev–Trinajstić information content (AvgIpc) is 3.36. The first kappa shape index (κ1) is 18.8. The minimum Gasteiger partial charge on any atom is -0.619 e. The van der Waals surface area contributed by atoms with E-state index in [0.717, 1.165) is 32.8 Å². The Hall–Kier alpha value is -3.22. The summed E-state index contributed by atoms with van der Waals surface area (Å²) in [5.41, 5.74) is 3.97. The zero-order valence-electron chi connectivity index (χ0n) is 16.7. The molecule has 2 heterocycles. The van der Waals surface area contributed by atoms with Crippen molar-refractivity contribution in [1.82, 2.24) is 9.89 Å². The summed E-state index contributed by atoms with van der Waals surface area (Å²) in [6, 6.07) is 10.7. The third-order valence-corrected chi connectivity index (χ3v) is 6.69. The van der Waals surface area contributed by atoms with Crippen molar-refractivity contribution in [3.05, 3.63) is 75.6 Å². The lowest BCUT2D eigenvalue weighted by molar-refractivity contribution is -0.605. The van der Waals surface area contributed by atoms with Gasteiger partial charge in [-0.1, -0.05) is 24.6 Å². The molecule has 2 aliphatic carbocycles. The average molecular weight is 404 g/mol. The molecule has 0 radical (unpaired) electrons. The van der Waals surface area contributed by atoms with Crippen molar-refractivity contribution in [3.63, 3.8) is 0 Å². The van der Waals surface area contributed by atoms with E-state index in [9.17, 15) is 14.8 Å². The third kappa shape index (κ3) is 3.56. The number of amides is 1. The Labute approximate surface area is 173 Å². The molecule has 0 unspecified atom stereocenters. The lowest BCUT2D eigenvalue weighted by Crippen LogP contribution is -2.37. The Morgan fingerprint density at radius 3 is 2.60 bits per heavy atom. The highest BCUT2D eigenvalue weighted by molar-refractivity contribution is 5.86. The van der Waals surface area contributed by atoms with E-state index in [4.69, 9.17) is 0 Å². The summed E-state index contributed by atoms with van der Waals surface area (Å²) in [5, 5.41) is 17.0. The number of carbonyl (C=O) groups excluding carboxylic acids is 1. The van der Waals surface area contributed by atoms with Gasteiger partial charge in [0.25, 0.3) is 5.56 Å². The highest BCUT2D eigenvalue weighted by atomic mass is 16.5. The van der Waals surface area contributed by atoms with E-state index < -0.39 is 0 Å². The Bertz CT molecular complexity index is 1160. The molecule has 3 aromatic rings. The summed E-state index contributed by atoms with van der Waals surface area (Å²) in [5.74, 6) is 1.69. The fourth-order valence-corrected chi connectivity index (χ4v) is 5.24. The van der Waals surface area contributed by atoms with Crippen molar-refractivity contribution in [2.45, 2.75) is 38.5 Å². The first-order valence-electron chi connectivity index (χ1n) is 10.6. The van der Waals surface area contributed by atoms with Gasteiger partial charge < -0.3 is 5.21 Å². The van der Waals surface area contributed by atoms with E-state index in [1.807, 2.05) is 12.1 Å². The number of hydrogen-bond donors (Lipinski definition) is 1. The lowest BCUT2D eigenvalue weighted by atomic mass is 9.86. The molecule has 7 heteroatoms. The van der Waals surface area contributed by atoms with Crippen molar-refractivity contribution in [3.8, 4) is 0 Å². The van der Waals surface area contributed by atoms with Crippen LogP contribution < -0.4 is 15.7 Å². The summed E-state index contributed by atoms with van der Waals surface area (Å²) in [6.45, 7) is 0. The van der Waals surface area contributed by atoms with Crippen LogP contribution in [-0.2, 0) is 11.2 Å². The normalized spacial score (nSPS) is 22.5. The van der Waals surface area contributed by atoms with Crippen LogP contribution in [0.5, 0.6) is 0 Å². The first-order valence-corrected chi connectivity index (χ1v) is 10.6. The summed E-state index contributed by atoms with van der Waals surface area (Å²) in [4.78, 5) is 26.7. The minimum absolute atomic E-state index is 0.157. The maximum absolute atomic E-state index is 12.9. The SMILES string of the molecule is O=C(C[C@H]1C[C@@H]2CC[C@H]1C2)Nn1nc(Cc2cc[n+]([O-])cc2)c2ccccc2c1=O. The van der Waals surface area contributed by atoms with Crippen LogP contribution in [-0.4, -0.2) is 15.8 Å². The van der Waals surface area contributed by atoms with Crippen LogP contribution in [0.2, 0.25) is 0 Å². The monoisotopic (exact) mass is 404 g/mol. The number of hydrogen-bond acceptors (Lipinski definition) is 4. The maximum atomic E-state index is 12.9. The lowest BCUT2D eigenvalue weighted by Gasteiger charge is -2.21. The highest BCUT2D eigenvalue weighted by Gasteiger charge is 2.40. The number of benzene rings is 1. The van der Waals surface area contributed by atoms with Gasteiger partial charge in [-0.15, -0.1) is 4.79 Å². The second-order valence-electron chi connectivity index (χ2n) is 8.63. The van der Waals surface area contributed by atoms with Gasteiger partial charge in [0.1, 0.15) is 0 Å². The largest absolute Gasteiger partial charge is 0.619 e. The van der Waals surface area contributed by atoms with Crippen molar-refractivity contribution >= 4 is 16.7 Å². The van der Waals surface area contributed by atoms with Crippen LogP contribution >= 0.6 is 0 Å². The zero-order chi connectivity index (χ0) is 20.7. The van der Waals surface area contributed by atoms with Gasteiger partial charge in [0.2, 0.25) is 5.91 Å². The summed E-state index contributed by atoms with van der Waals surface area (Å²) in [7, 11) is 0. The van der Waals surface area contributed by atoms with Gasteiger partial charge in [-0.3, -0.25) is 9.59 Å². The number of carbonyl (C=O) groups is 1. The van der Waals surface area contributed by atoms with E-state index in [2.05, 4.69) is 10.5 Å². The Kier molecular flexibility index (Phi) is 4.73. The number of fused-ring (bicyclic) bond motifs is 3. The fourth-order valence-electron chi connectivity index (χ4n) is 5.24. The summed E-state index contributed by atoms with van der Waals surface area (Å²) < 4.78 is 0.728. The molecule has 2 saturated carbocycles. The molecular weight excluding hydrogens is 380 g/mol. The molecule has 5 rings (SSSR count). The number of pyridine rings is 1. The highest BCUT2D eigenvalue weighted by Crippen LogP contribution is 2.49. The van der Waals surface area contributed by atoms with Gasteiger partial charge in [-0.05, 0) is 48.6 Å². The molecule has 1 N–H and O–H groups in total. The van der Waals surface area contributed by atoms with Crippen LogP contribution in [0.3, 0.4) is 0 Å². The molecule has 3 atom stereocenters. The molecule has 2 bridgehead atoms. The molecule has 154 valence electrons.